The van der Waals surface area contributed by atoms with E-state index in [-0.39, 0.29) is 5.52 Å². The molecule has 182 valence electrons. The Kier molecular flexibility index (Phi) is 4.88. The van der Waals surface area contributed by atoms with Crippen LogP contribution in [0.5, 0.6) is 0 Å². The smallest absolute Gasteiger partial charge is 0.166 e. The maximum absolute atomic E-state index is 14.5. The maximum atomic E-state index is 14.5. The molecule has 2 N–H and O–H groups in total. The Bertz CT molecular complexity index is 1580. The summed E-state index contributed by atoms with van der Waals surface area (Å²) < 4.78 is 30.7. The lowest BCUT2D eigenvalue weighted by atomic mass is 9.62. The van der Waals surface area contributed by atoms with Gasteiger partial charge in [0.25, 0.3) is 0 Å². The SMILES string of the molecule is C[C@@H]1C2CCC(CC2)[C@H]1Nc1nc(-c2c[nH]c3c(F)cc(F)cc23)nc2c1ccn2-c1ccccc1. The van der Waals surface area contributed by atoms with Gasteiger partial charge in [-0.15, -0.1) is 0 Å². The van der Waals surface area contributed by atoms with Crippen molar-refractivity contribution < 1.29 is 8.78 Å². The van der Waals surface area contributed by atoms with Crippen LogP contribution < -0.4 is 5.32 Å². The Morgan fingerprint density at radius 2 is 1.72 bits per heavy atom. The minimum atomic E-state index is -0.629. The molecule has 36 heavy (non-hydrogen) atoms. The number of nitrogens with zero attached hydrogens (tertiary/aromatic N) is 3. The molecular formula is C29H27F2N5. The number of H-pyrrole nitrogens is 1. The zero-order valence-electron chi connectivity index (χ0n) is 20.0. The summed E-state index contributed by atoms with van der Waals surface area (Å²) in [5.74, 6) is 1.91. The van der Waals surface area contributed by atoms with Crippen LogP contribution in [0, 0.1) is 29.4 Å². The second-order valence-corrected chi connectivity index (χ2v) is 10.4. The highest BCUT2D eigenvalue weighted by Gasteiger charge is 2.41. The number of para-hydroxylation sites is 1. The van der Waals surface area contributed by atoms with Gasteiger partial charge in [0.1, 0.15) is 17.5 Å². The van der Waals surface area contributed by atoms with Crippen molar-refractivity contribution in [2.75, 3.05) is 5.32 Å². The van der Waals surface area contributed by atoms with Gasteiger partial charge >= 0.3 is 0 Å². The van der Waals surface area contributed by atoms with E-state index in [1.807, 2.05) is 41.1 Å². The number of anilines is 1. The maximum Gasteiger partial charge on any atom is 0.166 e. The second kappa shape index (κ2) is 8.15. The van der Waals surface area contributed by atoms with Crippen LogP contribution in [0.3, 0.4) is 0 Å². The van der Waals surface area contributed by atoms with Gasteiger partial charge in [0.15, 0.2) is 11.5 Å². The summed E-state index contributed by atoms with van der Waals surface area (Å²) in [6, 6.07) is 14.7. The minimum Gasteiger partial charge on any atom is -0.366 e. The van der Waals surface area contributed by atoms with E-state index in [9.17, 15) is 8.78 Å². The van der Waals surface area contributed by atoms with Crippen molar-refractivity contribution in [2.24, 2.45) is 17.8 Å². The number of rotatable bonds is 4. The number of benzene rings is 2. The highest BCUT2D eigenvalue weighted by molar-refractivity contribution is 5.97. The molecule has 2 bridgehead atoms. The number of hydrogen-bond donors (Lipinski definition) is 2. The third kappa shape index (κ3) is 3.33. The van der Waals surface area contributed by atoms with Crippen LogP contribution in [0.2, 0.25) is 0 Å². The lowest BCUT2D eigenvalue weighted by Crippen LogP contribution is -2.47. The Labute approximate surface area is 207 Å². The lowest BCUT2D eigenvalue weighted by Gasteiger charge is -2.47. The fourth-order valence-electron chi connectivity index (χ4n) is 6.54. The third-order valence-electron chi connectivity index (χ3n) is 8.46. The van der Waals surface area contributed by atoms with Crippen LogP contribution in [0.15, 0.2) is 60.9 Å². The molecule has 3 aliphatic rings. The summed E-state index contributed by atoms with van der Waals surface area (Å²) >= 11 is 0. The van der Waals surface area contributed by atoms with Crippen LogP contribution in [0.25, 0.3) is 39.0 Å². The minimum absolute atomic E-state index is 0.251. The molecule has 0 spiro atoms. The first kappa shape index (κ1) is 21.5. The topological polar surface area (TPSA) is 58.5 Å². The third-order valence-corrected chi connectivity index (χ3v) is 8.46. The first-order chi connectivity index (χ1) is 17.6. The Balaban J connectivity index is 1.42. The van der Waals surface area contributed by atoms with Crippen LogP contribution in [-0.4, -0.2) is 25.6 Å². The number of hydrogen-bond acceptors (Lipinski definition) is 3. The van der Waals surface area contributed by atoms with Crippen molar-refractivity contribution in [3.63, 3.8) is 0 Å². The van der Waals surface area contributed by atoms with E-state index in [1.54, 1.807) is 6.20 Å². The van der Waals surface area contributed by atoms with Crippen LogP contribution in [0.1, 0.15) is 32.6 Å². The predicted molar refractivity (Wildman–Crippen MR) is 138 cm³/mol. The van der Waals surface area contributed by atoms with Gasteiger partial charge in [-0.25, -0.2) is 18.7 Å². The summed E-state index contributed by atoms with van der Waals surface area (Å²) in [5.41, 5.74) is 2.58. The molecule has 0 unspecified atom stereocenters. The van der Waals surface area contributed by atoms with E-state index in [4.69, 9.17) is 9.97 Å². The Morgan fingerprint density at radius 3 is 2.50 bits per heavy atom. The van der Waals surface area contributed by atoms with Crippen LogP contribution in [0.4, 0.5) is 14.6 Å². The summed E-state index contributed by atoms with van der Waals surface area (Å²) in [5, 5.41) is 5.19. The van der Waals surface area contributed by atoms with E-state index in [0.717, 1.165) is 34.5 Å². The highest BCUT2D eigenvalue weighted by atomic mass is 19.1. The molecule has 3 aromatic heterocycles. The molecule has 3 aliphatic carbocycles. The van der Waals surface area contributed by atoms with E-state index in [0.29, 0.717) is 34.7 Å². The number of fused-ring (bicyclic) bond motifs is 5. The molecule has 3 fully saturated rings. The van der Waals surface area contributed by atoms with Gasteiger partial charge in [-0.05, 0) is 67.7 Å². The highest BCUT2D eigenvalue weighted by Crippen LogP contribution is 2.46. The largest absolute Gasteiger partial charge is 0.366 e. The average Bonchev–Trinajstić information content (AvgIpc) is 3.52. The first-order valence-corrected chi connectivity index (χ1v) is 12.7. The molecule has 8 rings (SSSR count). The molecule has 3 saturated carbocycles. The van der Waals surface area contributed by atoms with Gasteiger partial charge in [0.05, 0.1) is 10.9 Å². The van der Waals surface area contributed by atoms with Gasteiger partial charge in [-0.2, -0.15) is 0 Å². The molecule has 5 aromatic rings. The van der Waals surface area contributed by atoms with Crippen LogP contribution in [-0.2, 0) is 0 Å². The normalized spacial score (nSPS) is 23.5. The molecule has 3 heterocycles. The quantitative estimate of drug-likeness (QED) is 0.287. The lowest BCUT2D eigenvalue weighted by molar-refractivity contribution is 0.0929. The summed E-state index contributed by atoms with van der Waals surface area (Å²) in [6.45, 7) is 2.35. The predicted octanol–water partition coefficient (Wildman–Crippen LogP) is 7.08. The number of halogens is 2. The van der Waals surface area contributed by atoms with Gasteiger partial charge < -0.3 is 14.9 Å². The van der Waals surface area contributed by atoms with Gasteiger partial charge in [-0.3, -0.25) is 0 Å². The van der Waals surface area contributed by atoms with Gasteiger partial charge in [0.2, 0.25) is 0 Å². The molecule has 7 heteroatoms. The molecule has 5 nitrogen and oxygen atoms in total. The molecule has 2 atom stereocenters. The van der Waals surface area contributed by atoms with E-state index in [2.05, 4.69) is 23.3 Å². The molecule has 0 saturated heterocycles. The second-order valence-electron chi connectivity index (χ2n) is 10.4. The number of nitrogens with one attached hydrogen (secondary N) is 2. The summed E-state index contributed by atoms with van der Waals surface area (Å²) in [7, 11) is 0. The van der Waals surface area contributed by atoms with Gasteiger partial charge in [-0.1, -0.05) is 25.1 Å². The zero-order valence-corrected chi connectivity index (χ0v) is 20.0. The zero-order chi connectivity index (χ0) is 24.4. The standard InChI is InChI=1S/C29H27F2N5/c1-16-17-7-9-18(10-8-17)25(16)33-27-21-11-12-36(20-5-3-2-4-6-20)29(21)35-28(34-27)23-15-32-26-22(23)13-19(30)14-24(26)31/h2-6,11-18,25,32H,7-10H2,1H3,(H,33,34,35)/t16-,17?,18?,25+/m1/s1. The van der Waals surface area contributed by atoms with Crippen molar-refractivity contribution in [1.82, 2.24) is 19.5 Å². The van der Waals surface area contributed by atoms with E-state index in [1.165, 1.54) is 31.7 Å². The van der Waals surface area contributed by atoms with E-state index < -0.39 is 11.6 Å². The van der Waals surface area contributed by atoms with E-state index >= 15 is 0 Å². The van der Waals surface area contributed by atoms with Crippen molar-refractivity contribution in [1.29, 1.82) is 0 Å². The summed E-state index contributed by atoms with van der Waals surface area (Å²) in [4.78, 5) is 12.9. The van der Waals surface area contributed by atoms with Crippen molar-refractivity contribution >= 4 is 27.8 Å². The molecule has 0 aliphatic heterocycles. The average molecular weight is 484 g/mol. The van der Waals surface area contributed by atoms with Crippen molar-refractivity contribution in [3.8, 4) is 17.1 Å². The summed E-state index contributed by atoms with van der Waals surface area (Å²) in [6.07, 6.45) is 8.80. The Hall–Kier alpha value is -3.74. The number of aromatic amines is 1. The molecule has 2 aromatic carbocycles. The van der Waals surface area contributed by atoms with Crippen molar-refractivity contribution in [2.45, 2.75) is 38.6 Å². The van der Waals surface area contributed by atoms with Crippen molar-refractivity contribution in [3.05, 3.63) is 72.6 Å². The van der Waals surface area contributed by atoms with Gasteiger partial charge in [0, 0.05) is 41.1 Å². The number of aromatic nitrogens is 4. The first-order valence-electron chi connectivity index (χ1n) is 12.7. The molecule has 0 radical (unpaired) electrons. The monoisotopic (exact) mass is 483 g/mol. The molecule has 0 amide bonds. The van der Waals surface area contributed by atoms with Crippen LogP contribution >= 0.6 is 0 Å². The fraction of sp³-hybridized carbons (Fsp3) is 0.310. The fourth-order valence-corrected chi connectivity index (χ4v) is 6.54. The Morgan fingerprint density at radius 1 is 0.944 bits per heavy atom. The molecular weight excluding hydrogens is 456 g/mol.